The number of alkyl halides is 3. The van der Waals surface area contributed by atoms with Crippen molar-refractivity contribution in [1.82, 2.24) is 4.90 Å². The van der Waals surface area contributed by atoms with Crippen LogP contribution in [0.3, 0.4) is 0 Å². The first kappa shape index (κ1) is 21.0. The van der Waals surface area contributed by atoms with Crippen molar-refractivity contribution in [2.45, 2.75) is 19.0 Å². The first-order chi connectivity index (χ1) is 14.2. The number of hydrogen-bond donors (Lipinski definition) is 2. The Morgan fingerprint density at radius 1 is 0.867 bits per heavy atom. The number of halogens is 3. The molecule has 0 bridgehead atoms. The van der Waals surface area contributed by atoms with E-state index >= 15 is 0 Å². The number of nitrogens with one attached hydrogen (secondary N) is 2. The molecule has 0 fully saturated rings. The molecule has 1 aliphatic heterocycles. The topological polar surface area (TPSA) is 95.6 Å². The van der Waals surface area contributed by atoms with Gasteiger partial charge in [-0.05, 0) is 36.8 Å². The second-order valence-corrected chi connectivity index (χ2v) is 6.49. The molecule has 1 aliphatic rings. The highest BCUT2D eigenvalue weighted by Gasteiger charge is 2.38. The second-order valence-electron chi connectivity index (χ2n) is 6.49. The summed E-state index contributed by atoms with van der Waals surface area (Å²) in [4.78, 5) is 48.7. The van der Waals surface area contributed by atoms with Crippen molar-refractivity contribution in [3.05, 3.63) is 59.7 Å². The van der Waals surface area contributed by atoms with E-state index in [1.54, 1.807) is 29.6 Å². The Hall–Kier alpha value is -3.69. The fourth-order valence-electron chi connectivity index (χ4n) is 2.94. The minimum absolute atomic E-state index is 0.0213. The highest BCUT2D eigenvalue weighted by Crippen LogP contribution is 2.23. The Morgan fingerprint density at radius 2 is 1.43 bits per heavy atom. The summed E-state index contributed by atoms with van der Waals surface area (Å²) in [7, 11) is 0. The van der Waals surface area contributed by atoms with E-state index in [2.05, 4.69) is 5.32 Å². The smallest absolute Gasteiger partial charge is 0.326 e. The molecular formula is C20H16F3N3O4. The van der Waals surface area contributed by atoms with Crippen LogP contribution in [-0.2, 0) is 9.59 Å². The fourth-order valence-corrected chi connectivity index (χ4v) is 2.94. The van der Waals surface area contributed by atoms with E-state index in [1.807, 2.05) is 0 Å². The third-order valence-electron chi connectivity index (χ3n) is 4.33. The normalized spacial score (nSPS) is 13.2. The summed E-state index contributed by atoms with van der Waals surface area (Å²) in [6, 6.07) is 11.7. The summed E-state index contributed by atoms with van der Waals surface area (Å²) in [5, 5.41) is 4.20. The lowest BCUT2D eigenvalue weighted by molar-refractivity contribution is -0.167. The number of rotatable bonds is 6. The maximum absolute atomic E-state index is 12.3. The summed E-state index contributed by atoms with van der Waals surface area (Å²) >= 11 is 0. The molecule has 10 heteroatoms. The van der Waals surface area contributed by atoms with Gasteiger partial charge in [-0.2, -0.15) is 13.2 Å². The van der Waals surface area contributed by atoms with Gasteiger partial charge in [-0.1, -0.05) is 18.2 Å². The molecule has 0 saturated carbocycles. The Bertz CT molecular complexity index is 985. The molecule has 0 aromatic heterocycles. The maximum Gasteiger partial charge on any atom is 0.471 e. The lowest BCUT2D eigenvalue weighted by atomic mass is 10.1. The zero-order chi connectivity index (χ0) is 21.9. The predicted octanol–water partition coefficient (Wildman–Crippen LogP) is 3.20. The van der Waals surface area contributed by atoms with E-state index in [0.29, 0.717) is 11.1 Å². The number of carbonyl (C=O) groups is 4. The molecule has 4 amide bonds. The molecule has 0 unspecified atom stereocenters. The van der Waals surface area contributed by atoms with Crippen molar-refractivity contribution in [1.29, 1.82) is 0 Å². The quantitative estimate of drug-likeness (QED) is 0.703. The van der Waals surface area contributed by atoms with E-state index in [1.165, 1.54) is 24.3 Å². The Labute approximate surface area is 168 Å². The molecule has 2 N–H and O–H groups in total. The van der Waals surface area contributed by atoms with Crippen LogP contribution in [0, 0.1) is 0 Å². The molecule has 156 valence electrons. The van der Waals surface area contributed by atoms with Gasteiger partial charge in [0.1, 0.15) is 0 Å². The van der Waals surface area contributed by atoms with Crippen LogP contribution in [-0.4, -0.2) is 41.2 Å². The Morgan fingerprint density at radius 3 is 2.00 bits per heavy atom. The van der Waals surface area contributed by atoms with Gasteiger partial charge < -0.3 is 10.6 Å². The number of amides is 4. The van der Waals surface area contributed by atoms with Crippen molar-refractivity contribution in [2.24, 2.45) is 0 Å². The number of fused-ring (bicyclic) bond motifs is 1. The molecule has 7 nitrogen and oxygen atoms in total. The van der Waals surface area contributed by atoms with Gasteiger partial charge in [0.2, 0.25) is 5.91 Å². The van der Waals surface area contributed by atoms with Gasteiger partial charge in [0.05, 0.1) is 11.1 Å². The first-order valence-electron chi connectivity index (χ1n) is 8.90. The van der Waals surface area contributed by atoms with Gasteiger partial charge in [0.25, 0.3) is 11.8 Å². The molecule has 0 saturated heterocycles. The lowest BCUT2D eigenvalue weighted by Gasteiger charge is -2.13. The molecule has 1 heterocycles. The molecule has 0 spiro atoms. The highest BCUT2D eigenvalue weighted by atomic mass is 19.4. The second kappa shape index (κ2) is 8.36. The number of imide groups is 1. The number of hydrogen-bond acceptors (Lipinski definition) is 4. The van der Waals surface area contributed by atoms with Crippen LogP contribution in [0.25, 0.3) is 0 Å². The SMILES string of the molecule is O=C(CCCN1C(=O)c2ccccc2C1=O)Nc1cccc(NC(=O)C(F)(F)F)c1. The minimum Gasteiger partial charge on any atom is -0.326 e. The van der Waals surface area contributed by atoms with E-state index in [4.69, 9.17) is 0 Å². The molecule has 2 aromatic rings. The van der Waals surface area contributed by atoms with Crippen LogP contribution >= 0.6 is 0 Å². The summed E-state index contributed by atoms with van der Waals surface area (Å²) in [5.74, 6) is -3.40. The van der Waals surface area contributed by atoms with Gasteiger partial charge in [-0.3, -0.25) is 24.1 Å². The van der Waals surface area contributed by atoms with Crippen molar-refractivity contribution >= 4 is 35.0 Å². The van der Waals surface area contributed by atoms with Gasteiger partial charge in [-0.25, -0.2) is 0 Å². The average Bonchev–Trinajstić information content (AvgIpc) is 2.93. The third kappa shape index (κ3) is 4.65. The van der Waals surface area contributed by atoms with Crippen molar-refractivity contribution in [3.8, 4) is 0 Å². The minimum atomic E-state index is -5.02. The van der Waals surface area contributed by atoms with Gasteiger partial charge in [0.15, 0.2) is 0 Å². The van der Waals surface area contributed by atoms with E-state index in [0.717, 1.165) is 4.90 Å². The van der Waals surface area contributed by atoms with Crippen molar-refractivity contribution in [3.63, 3.8) is 0 Å². The van der Waals surface area contributed by atoms with Gasteiger partial charge >= 0.3 is 12.1 Å². The van der Waals surface area contributed by atoms with E-state index in [9.17, 15) is 32.3 Å². The van der Waals surface area contributed by atoms with E-state index < -0.39 is 29.8 Å². The van der Waals surface area contributed by atoms with Crippen LogP contribution in [0.15, 0.2) is 48.5 Å². The summed E-state index contributed by atoms with van der Waals surface area (Å²) < 4.78 is 37.0. The number of carbonyl (C=O) groups excluding carboxylic acids is 4. The Kier molecular flexibility index (Phi) is 5.86. The molecule has 0 radical (unpaired) electrons. The molecule has 0 atom stereocenters. The molecule has 30 heavy (non-hydrogen) atoms. The van der Waals surface area contributed by atoms with Gasteiger partial charge in [0, 0.05) is 24.3 Å². The number of benzene rings is 2. The van der Waals surface area contributed by atoms with Crippen molar-refractivity contribution in [2.75, 3.05) is 17.2 Å². The largest absolute Gasteiger partial charge is 0.471 e. The number of nitrogens with zero attached hydrogens (tertiary/aromatic N) is 1. The van der Waals surface area contributed by atoms with Crippen LogP contribution in [0.2, 0.25) is 0 Å². The fraction of sp³-hybridized carbons (Fsp3) is 0.200. The zero-order valence-electron chi connectivity index (χ0n) is 15.5. The van der Waals surface area contributed by atoms with Crippen LogP contribution in [0.4, 0.5) is 24.5 Å². The van der Waals surface area contributed by atoms with Crippen molar-refractivity contribution < 1.29 is 32.3 Å². The summed E-state index contributed by atoms with van der Waals surface area (Å²) in [6.45, 7) is 0.0570. The zero-order valence-corrected chi connectivity index (χ0v) is 15.5. The summed E-state index contributed by atoms with van der Waals surface area (Å²) in [6.07, 6.45) is -4.84. The molecule has 3 rings (SSSR count). The maximum atomic E-state index is 12.3. The highest BCUT2D eigenvalue weighted by molar-refractivity contribution is 6.21. The average molecular weight is 419 g/mol. The van der Waals surface area contributed by atoms with Crippen LogP contribution < -0.4 is 10.6 Å². The van der Waals surface area contributed by atoms with Crippen LogP contribution in [0.1, 0.15) is 33.6 Å². The third-order valence-corrected chi connectivity index (χ3v) is 4.33. The van der Waals surface area contributed by atoms with Gasteiger partial charge in [-0.15, -0.1) is 0 Å². The standard InChI is InChI=1S/C20H16F3N3O4/c21-20(22,23)19(30)25-13-6-3-5-12(11-13)24-16(27)9-4-10-26-17(28)14-7-1-2-8-15(14)18(26)29/h1-3,5-8,11H,4,9-10H2,(H,24,27)(H,25,30). The lowest BCUT2D eigenvalue weighted by Crippen LogP contribution is -2.31. The predicted molar refractivity (Wildman–Crippen MR) is 101 cm³/mol. The molecule has 2 aromatic carbocycles. The van der Waals surface area contributed by atoms with E-state index in [-0.39, 0.29) is 30.8 Å². The monoisotopic (exact) mass is 419 g/mol. The van der Waals surface area contributed by atoms with Crippen LogP contribution in [0.5, 0.6) is 0 Å². The molecular weight excluding hydrogens is 403 g/mol. The summed E-state index contributed by atoms with van der Waals surface area (Å²) in [5.41, 5.74) is 0.719. The molecule has 0 aliphatic carbocycles. The Balaban J connectivity index is 1.51. The number of anilines is 2. The first-order valence-corrected chi connectivity index (χ1v) is 8.90.